The van der Waals surface area contributed by atoms with E-state index in [0.717, 1.165) is 12.8 Å². The van der Waals surface area contributed by atoms with Gasteiger partial charge in [0.1, 0.15) is 6.04 Å². The minimum Gasteiger partial charge on any atom is -0.319 e. The second kappa shape index (κ2) is 6.10. The van der Waals surface area contributed by atoms with E-state index in [4.69, 9.17) is 11.1 Å². The lowest BCUT2D eigenvalue weighted by Crippen LogP contribution is -2.58. The highest BCUT2D eigenvalue weighted by atomic mass is 79.9. The summed E-state index contributed by atoms with van der Waals surface area (Å²) in [6.07, 6.45) is 1.87. The van der Waals surface area contributed by atoms with Crippen molar-refractivity contribution in [2.45, 2.75) is 24.9 Å². The Morgan fingerprint density at radius 1 is 1.50 bits per heavy atom. The fourth-order valence-electron chi connectivity index (χ4n) is 3.03. The molecule has 0 bridgehead atoms. The van der Waals surface area contributed by atoms with Gasteiger partial charge in [-0.05, 0) is 47.0 Å². The van der Waals surface area contributed by atoms with Crippen molar-refractivity contribution in [3.63, 3.8) is 0 Å². The average molecular weight is 359 g/mol. The van der Waals surface area contributed by atoms with Crippen LogP contribution >= 0.6 is 15.9 Å². The molecule has 1 aromatic carbocycles. The summed E-state index contributed by atoms with van der Waals surface area (Å²) < 4.78 is 0.686. The van der Waals surface area contributed by atoms with Gasteiger partial charge in [-0.2, -0.15) is 5.26 Å². The largest absolute Gasteiger partial charge is 0.319 e. The SMILES string of the molecule is N#Cc1ccc(Br)c(C(=O)N2C(CNN)CCC3C#CC32)c1. The second-order valence-electron chi connectivity index (χ2n) is 5.50. The predicted octanol–water partition coefficient (Wildman–Crippen LogP) is 1.39. The molecule has 1 fully saturated rings. The fourth-order valence-corrected chi connectivity index (χ4v) is 3.45. The van der Waals surface area contributed by atoms with Crippen LogP contribution in [0, 0.1) is 29.1 Å². The highest BCUT2D eigenvalue weighted by molar-refractivity contribution is 9.10. The normalized spacial score (nSPS) is 25.3. The number of nitrogens with one attached hydrogen (secondary N) is 1. The van der Waals surface area contributed by atoms with E-state index in [1.165, 1.54) is 0 Å². The van der Waals surface area contributed by atoms with Crippen LogP contribution in [0.1, 0.15) is 28.8 Å². The van der Waals surface area contributed by atoms with Gasteiger partial charge in [-0.3, -0.25) is 16.1 Å². The van der Waals surface area contributed by atoms with E-state index in [2.05, 4.69) is 39.3 Å². The van der Waals surface area contributed by atoms with E-state index in [1.54, 1.807) is 18.2 Å². The Bertz CT molecular complexity index is 715. The smallest absolute Gasteiger partial charge is 0.256 e. The van der Waals surface area contributed by atoms with Crippen molar-refractivity contribution in [2.75, 3.05) is 6.54 Å². The zero-order valence-electron chi connectivity index (χ0n) is 11.8. The van der Waals surface area contributed by atoms with E-state index >= 15 is 0 Å². The Labute approximate surface area is 137 Å². The number of hydrogen-bond acceptors (Lipinski definition) is 4. The zero-order chi connectivity index (χ0) is 15.7. The van der Waals surface area contributed by atoms with E-state index in [-0.39, 0.29) is 23.9 Å². The molecule has 1 amide bonds. The first-order valence-corrected chi connectivity index (χ1v) is 7.92. The standard InChI is InChI=1S/C16H15BrN4O/c17-14-5-1-10(8-18)7-13(14)16(22)21-12(9-20-19)4-2-11-3-6-15(11)21/h1,5,7,11-12,15,20H,2,4,9,19H2. The molecule has 0 spiro atoms. The summed E-state index contributed by atoms with van der Waals surface area (Å²) in [5.74, 6) is 11.8. The van der Waals surface area contributed by atoms with Crippen LogP contribution in [-0.4, -0.2) is 29.4 Å². The number of benzene rings is 1. The van der Waals surface area contributed by atoms with Gasteiger partial charge in [0.05, 0.1) is 23.1 Å². The summed E-state index contributed by atoms with van der Waals surface area (Å²) in [4.78, 5) is 14.8. The van der Waals surface area contributed by atoms with Crippen molar-refractivity contribution in [2.24, 2.45) is 11.8 Å². The molecule has 1 aliphatic carbocycles. The number of nitriles is 1. The molecule has 1 saturated heterocycles. The number of piperidine rings is 1. The molecule has 3 atom stereocenters. The molecule has 1 heterocycles. The number of amides is 1. The van der Waals surface area contributed by atoms with Crippen LogP contribution in [0.2, 0.25) is 0 Å². The number of nitrogens with zero attached hydrogens (tertiary/aromatic N) is 2. The summed E-state index contributed by atoms with van der Waals surface area (Å²) >= 11 is 3.41. The highest BCUT2D eigenvalue weighted by Crippen LogP contribution is 2.34. The molecule has 3 N–H and O–H groups in total. The maximum absolute atomic E-state index is 13.0. The molecule has 0 saturated carbocycles. The highest BCUT2D eigenvalue weighted by Gasteiger charge is 2.42. The number of likely N-dealkylation sites (tertiary alicyclic amines) is 1. The molecule has 3 rings (SSSR count). The Morgan fingerprint density at radius 2 is 2.32 bits per heavy atom. The number of hydrazine groups is 1. The molecule has 0 aromatic heterocycles. The van der Waals surface area contributed by atoms with Crippen LogP contribution in [-0.2, 0) is 0 Å². The number of nitrogens with two attached hydrogens (primary N) is 1. The van der Waals surface area contributed by atoms with Gasteiger partial charge in [0.15, 0.2) is 0 Å². The van der Waals surface area contributed by atoms with E-state index in [0.29, 0.717) is 22.1 Å². The van der Waals surface area contributed by atoms with E-state index in [9.17, 15) is 4.79 Å². The van der Waals surface area contributed by atoms with Gasteiger partial charge in [0.2, 0.25) is 0 Å². The van der Waals surface area contributed by atoms with Gasteiger partial charge in [-0.15, -0.1) is 0 Å². The predicted molar refractivity (Wildman–Crippen MR) is 85.3 cm³/mol. The molecule has 3 unspecified atom stereocenters. The number of halogens is 1. The lowest BCUT2D eigenvalue weighted by Gasteiger charge is -2.45. The number of fused-ring (bicyclic) bond motifs is 1. The van der Waals surface area contributed by atoms with Crippen molar-refractivity contribution in [3.05, 3.63) is 33.8 Å². The summed E-state index contributed by atoms with van der Waals surface area (Å²) in [6.45, 7) is 0.534. The van der Waals surface area contributed by atoms with Crippen LogP contribution in [0.3, 0.4) is 0 Å². The molecular weight excluding hydrogens is 344 g/mol. The minimum atomic E-state index is -0.104. The summed E-state index contributed by atoms with van der Waals surface area (Å²) in [5.41, 5.74) is 3.63. The third-order valence-corrected chi connectivity index (χ3v) is 4.91. The third-order valence-electron chi connectivity index (χ3n) is 4.22. The molecule has 1 aromatic rings. The second-order valence-corrected chi connectivity index (χ2v) is 6.35. The van der Waals surface area contributed by atoms with Gasteiger partial charge in [-0.1, -0.05) is 11.8 Å². The first-order chi connectivity index (χ1) is 10.7. The first-order valence-electron chi connectivity index (χ1n) is 7.12. The maximum atomic E-state index is 13.0. The number of rotatable bonds is 3. The molecule has 22 heavy (non-hydrogen) atoms. The van der Waals surface area contributed by atoms with Crippen molar-refractivity contribution >= 4 is 21.8 Å². The molecule has 112 valence electrons. The Kier molecular flexibility index (Phi) is 4.17. The Balaban J connectivity index is 1.95. The van der Waals surface area contributed by atoms with Crippen LogP contribution < -0.4 is 11.3 Å². The quantitative estimate of drug-likeness (QED) is 0.486. The topological polar surface area (TPSA) is 82.2 Å². The van der Waals surface area contributed by atoms with Gasteiger partial charge >= 0.3 is 0 Å². The number of carbonyl (C=O) groups excluding carboxylic acids is 1. The summed E-state index contributed by atoms with van der Waals surface area (Å²) in [5, 5.41) is 9.05. The van der Waals surface area contributed by atoms with Gasteiger partial charge < -0.3 is 4.90 Å². The van der Waals surface area contributed by atoms with Crippen molar-refractivity contribution < 1.29 is 4.79 Å². The first kappa shape index (κ1) is 15.1. The van der Waals surface area contributed by atoms with Crippen molar-refractivity contribution in [1.82, 2.24) is 10.3 Å². The Morgan fingerprint density at radius 3 is 2.95 bits per heavy atom. The average Bonchev–Trinajstić information content (AvgIpc) is 2.49. The van der Waals surface area contributed by atoms with Crippen LogP contribution in [0.15, 0.2) is 22.7 Å². The summed E-state index contributed by atoms with van der Waals surface area (Å²) in [6, 6.07) is 7.08. The van der Waals surface area contributed by atoms with Gasteiger partial charge in [0, 0.05) is 17.1 Å². The van der Waals surface area contributed by atoms with Gasteiger partial charge in [0.25, 0.3) is 5.91 Å². The Hall–Kier alpha value is -1.86. The maximum Gasteiger partial charge on any atom is 0.256 e. The summed E-state index contributed by atoms with van der Waals surface area (Å²) in [7, 11) is 0. The lowest BCUT2D eigenvalue weighted by atomic mass is 9.80. The van der Waals surface area contributed by atoms with Crippen LogP contribution in [0.4, 0.5) is 0 Å². The molecule has 2 aliphatic rings. The van der Waals surface area contributed by atoms with E-state index < -0.39 is 0 Å². The number of carbonyl (C=O) groups is 1. The molecule has 1 aliphatic heterocycles. The lowest BCUT2D eigenvalue weighted by molar-refractivity contribution is 0.0445. The van der Waals surface area contributed by atoms with Crippen LogP contribution in [0.25, 0.3) is 0 Å². The van der Waals surface area contributed by atoms with Crippen molar-refractivity contribution in [1.29, 1.82) is 5.26 Å². The van der Waals surface area contributed by atoms with Crippen LogP contribution in [0.5, 0.6) is 0 Å². The third kappa shape index (κ3) is 2.50. The van der Waals surface area contributed by atoms with E-state index in [1.807, 2.05) is 4.90 Å². The van der Waals surface area contributed by atoms with Crippen molar-refractivity contribution in [3.8, 4) is 17.9 Å². The molecule has 5 nitrogen and oxygen atoms in total. The minimum absolute atomic E-state index is 0.0194. The molecular formula is C16H15BrN4O. The molecule has 0 radical (unpaired) electrons. The monoisotopic (exact) mass is 358 g/mol. The molecule has 6 heteroatoms. The van der Waals surface area contributed by atoms with Gasteiger partial charge in [-0.25, -0.2) is 0 Å². The number of hydrogen-bond donors (Lipinski definition) is 2. The zero-order valence-corrected chi connectivity index (χ0v) is 13.4. The fraction of sp³-hybridized carbons (Fsp3) is 0.375.